The summed E-state index contributed by atoms with van der Waals surface area (Å²) < 4.78 is 16.5. The van der Waals surface area contributed by atoms with Crippen LogP contribution in [0.3, 0.4) is 0 Å². The number of hydrogen-bond acceptors (Lipinski definition) is 6. The number of rotatable bonds is 10. The molecule has 0 aliphatic carbocycles. The summed E-state index contributed by atoms with van der Waals surface area (Å²) in [5.41, 5.74) is 7.21. The highest BCUT2D eigenvalue weighted by molar-refractivity contribution is 6.07. The number of benzene rings is 3. The number of carbonyl (C=O) groups excluding carboxylic acids is 1. The van der Waals surface area contributed by atoms with Gasteiger partial charge in [0.1, 0.15) is 5.75 Å². The van der Waals surface area contributed by atoms with E-state index < -0.39 is 0 Å². The highest BCUT2D eigenvalue weighted by Gasteiger charge is 2.22. The molecule has 3 aliphatic heterocycles. The molecule has 0 saturated carbocycles. The fourth-order valence-corrected chi connectivity index (χ4v) is 6.46. The first-order valence-electron chi connectivity index (χ1n) is 17.5. The lowest BCUT2D eigenvalue weighted by molar-refractivity contribution is -0.112. The van der Waals surface area contributed by atoms with Crippen LogP contribution in [0.4, 0.5) is 11.4 Å². The number of nitrogens with one attached hydrogen (secondary N) is 1. The second kappa shape index (κ2) is 17.5. The van der Waals surface area contributed by atoms with Crippen LogP contribution in [0.2, 0.25) is 0 Å². The summed E-state index contributed by atoms with van der Waals surface area (Å²) in [4.78, 5) is 18.4. The third-order valence-electron chi connectivity index (χ3n) is 8.95. The molecule has 6 rings (SSSR count). The Balaban J connectivity index is 0.000000792. The summed E-state index contributed by atoms with van der Waals surface area (Å²) in [5, 5.41) is 3.16. The molecular weight excluding hydrogens is 586 g/mol. The van der Waals surface area contributed by atoms with Gasteiger partial charge in [-0.05, 0) is 105 Å². The van der Waals surface area contributed by atoms with E-state index in [9.17, 15) is 4.79 Å². The third kappa shape index (κ3) is 9.92. The van der Waals surface area contributed by atoms with Gasteiger partial charge in [0.05, 0.1) is 13.2 Å². The Morgan fingerprint density at radius 2 is 1.77 bits per heavy atom. The molecule has 47 heavy (non-hydrogen) atoms. The third-order valence-corrected chi connectivity index (χ3v) is 8.95. The van der Waals surface area contributed by atoms with Crippen LogP contribution in [-0.2, 0) is 20.8 Å². The fourth-order valence-electron chi connectivity index (χ4n) is 6.46. The number of para-hydroxylation sites is 1. The molecule has 3 heterocycles. The van der Waals surface area contributed by atoms with Crippen molar-refractivity contribution in [1.82, 2.24) is 4.90 Å². The molecule has 3 aromatic carbocycles. The number of likely N-dealkylation sites (N-methyl/N-ethyl adjacent to an activating group) is 1. The Hall–Kier alpha value is -3.65. The monoisotopic (exact) mass is 639 g/mol. The van der Waals surface area contributed by atoms with Crippen molar-refractivity contribution in [2.75, 3.05) is 63.4 Å². The maximum absolute atomic E-state index is 13.6. The molecule has 0 spiro atoms. The minimum Gasteiger partial charge on any atom is -0.493 e. The molecule has 0 bridgehead atoms. The lowest BCUT2D eigenvalue weighted by Gasteiger charge is -2.31. The van der Waals surface area contributed by atoms with Gasteiger partial charge in [-0.25, -0.2) is 0 Å². The van der Waals surface area contributed by atoms with Gasteiger partial charge in [0.15, 0.2) is 0 Å². The van der Waals surface area contributed by atoms with Crippen molar-refractivity contribution < 1.29 is 19.0 Å². The molecule has 1 unspecified atom stereocenters. The van der Waals surface area contributed by atoms with Gasteiger partial charge in [0, 0.05) is 68.0 Å². The van der Waals surface area contributed by atoms with E-state index in [1.54, 1.807) is 0 Å². The number of anilines is 2. The Bertz CT molecular complexity index is 1450. The molecule has 7 heteroatoms. The minimum absolute atomic E-state index is 0.0447. The van der Waals surface area contributed by atoms with Crippen molar-refractivity contribution in [1.29, 1.82) is 0 Å². The normalized spacial score (nSPS) is 17.8. The van der Waals surface area contributed by atoms with Crippen molar-refractivity contribution in [2.45, 2.75) is 65.5 Å². The van der Waals surface area contributed by atoms with E-state index in [0.29, 0.717) is 25.0 Å². The standard InChI is InChI=1S/C36H45N3O3.C4H8O/c1-5-42-35-11-7-6-10-33(35)28-14-17-34-30(21-28)22-29(18-19-39(34)23-26(2)3)36(40)37-31-15-12-27(13-16-31)24-38(4)32-9-8-20-41-25-32;1-2-4-5-3-1/h6-7,10-17,21-22,26,32H,5,8-9,18-20,23-25H2,1-4H3,(H,37,40);1-4H2. The fraction of sp³-hybridized carbons (Fsp3) is 0.475. The SMILES string of the molecule is C1CCOC1.CCOc1ccccc1-c1ccc2c(c1)C=C(C(=O)Nc1ccc(CN(C)C3CCCOC3)cc1)CCN2CC(C)C. The quantitative estimate of drug-likeness (QED) is 0.242. The molecule has 2 fully saturated rings. The first-order valence-corrected chi connectivity index (χ1v) is 17.5. The summed E-state index contributed by atoms with van der Waals surface area (Å²) in [6, 6.07) is 23.4. The largest absolute Gasteiger partial charge is 0.493 e. The molecule has 7 nitrogen and oxygen atoms in total. The van der Waals surface area contributed by atoms with E-state index in [4.69, 9.17) is 14.2 Å². The Morgan fingerprint density at radius 3 is 2.45 bits per heavy atom. The van der Waals surface area contributed by atoms with Gasteiger partial charge in [0.2, 0.25) is 0 Å². The highest BCUT2D eigenvalue weighted by atomic mass is 16.5. The van der Waals surface area contributed by atoms with Crippen LogP contribution >= 0.6 is 0 Å². The van der Waals surface area contributed by atoms with Gasteiger partial charge in [0.25, 0.3) is 5.91 Å². The van der Waals surface area contributed by atoms with Gasteiger partial charge >= 0.3 is 0 Å². The number of fused-ring (bicyclic) bond motifs is 1. The molecular formula is C40H53N3O4. The zero-order valence-corrected chi connectivity index (χ0v) is 28.8. The van der Waals surface area contributed by atoms with Crippen LogP contribution in [0.1, 0.15) is 64.0 Å². The average Bonchev–Trinajstić information content (AvgIpc) is 3.63. The number of ether oxygens (including phenoxy) is 3. The topological polar surface area (TPSA) is 63.3 Å². The second-order valence-corrected chi connectivity index (χ2v) is 13.2. The number of hydrogen-bond donors (Lipinski definition) is 1. The summed E-state index contributed by atoms with van der Waals surface area (Å²) in [5.74, 6) is 1.34. The van der Waals surface area contributed by atoms with E-state index in [-0.39, 0.29) is 5.91 Å². The average molecular weight is 640 g/mol. The van der Waals surface area contributed by atoms with Crippen molar-refractivity contribution in [3.63, 3.8) is 0 Å². The first kappa shape index (κ1) is 34.7. The molecule has 0 radical (unpaired) electrons. The molecule has 1 atom stereocenters. The highest BCUT2D eigenvalue weighted by Crippen LogP contribution is 2.36. The zero-order chi connectivity index (χ0) is 33.0. The predicted molar refractivity (Wildman–Crippen MR) is 193 cm³/mol. The van der Waals surface area contributed by atoms with Crippen LogP contribution in [0.5, 0.6) is 5.75 Å². The van der Waals surface area contributed by atoms with Crippen LogP contribution in [0.25, 0.3) is 17.2 Å². The number of nitrogens with zero attached hydrogens (tertiary/aromatic N) is 2. The van der Waals surface area contributed by atoms with Crippen molar-refractivity contribution >= 4 is 23.4 Å². The predicted octanol–water partition coefficient (Wildman–Crippen LogP) is 8.05. The summed E-state index contributed by atoms with van der Waals surface area (Å²) >= 11 is 0. The van der Waals surface area contributed by atoms with Crippen molar-refractivity contribution in [3.05, 3.63) is 83.4 Å². The van der Waals surface area contributed by atoms with Crippen molar-refractivity contribution in [2.24, 2.45) is 5.92 Å². The van der Waals surface area contributed by atoms with E-state index >= 15 is 0 Å². The molecule has 1 amide bonds. The number of amides is 1. The molecule has 252 valence electrons. The maximum Gasteiger partial charge on any atom is 0.251 e. The van der Waals surface area contributed by atoms with E-state index in [0.717, 1.165) is 86.2 Å². The Morgan fingerprint density at radius 1 is 1.00 bits per heavy atom. The smallest absolute Gasteiger partial charge is 0.251 e. The van der Waals surface area contributed by atoms with Gasteiger partial charge in [-0.15, -0.1) is 0 Å². The van der Waals surface area contributed by atoms with E-state index in [2.05, 4.69) is 78.5 Å². The van der Waals surface area contributed by atoms with Gasteiger partial charge < -0.3 is 24.4 Å². The van der Waals surface area contributed by atoms with Crippen LogP contribution in [-0.4, -0.2) is 70.0 Å². The summed E-state index contributed by atoms with van der Waals surface area (Å²) in [6.07, 6.45) is 7.62. The van der Waals surface area contributed by atoms with Crippen molar-refractivity contribution in [3.8, 4) is 16.9 Å². The molecule has 1 N–H and O–H groups in total. The van der Waals surface area contributed by atoms with Crippen LogP contribution in [0.15, 0.2) is 72.3 Å². The maximum atomic E-state index is 13.6. The zero-order valence-electron chi connectivity index (χ0n) is 28.8. The molecule has 3 aliphatic rings. The second-order valence-electron chi connectivity index (χ2n) is 13.2. The first-order chi connectivity index (χ1) is 22.9. The molecule has 0 aromatic heterocycles. The van der Waals surface area contributed by atoms with Gasteiger partial charge in [-0.1, -0.05) is 50.2 Å². The van der Waals surface area contributed by atoms with Crippen LogP contribution < -0.4 is 15.0 Å². The Labute approximate surface area is 281 Å². The molecule has 2 saturated heterocycles. The summed E-state index contributed by atoms with van der Waals surface area (Å²) in [6.45, 7) is 13.4. The number of carbonyl (C=O) groups is 1. The van der Waals surface area contributed by atoms with Crippen LogP contribution in [0, 0.1) is 5.92 Å². The van der Waals surface area contributed by atoms with E-state index in [1.165, 1.54) is 30.5 Å². The van der Waals surface area contributed by atoms with E-state index in [1.807, 2.05) is 37.3 Å². The molecule has 3 aromatic rings. The minimum atomic E-state index is -0.0447. The summed E-state index contributed by atoms with van der Waals surface area (Å²) in [7, 11) is 2.16. The van der Waals surface area contributed by atoms with Gasteiger partial charge in [-0.2, -0.15) is 0 Å². The van der Waals surface area contributed by atoms with Gasteiger partial charge in [-0.3, -0.25) is 9.69 Å². The lowest BCUT2D eigenvalue weighted by atomic mass is 9.99. The lowest BCUT2D eigenvalue weighted by Crippen LogP contribution is -2.37. The Kier molecular flexibility index (Phi) is 12.9.